The number of nitrogens with one attached hydrogen (secondary N) is 1. The highest BCUT2D eigenvalue weighted by Crippen LogP contribution is 2.28. The van der Waals surface area contributed by atoms with Crippen molar-refractivity contribution in [1.29, 1.82) is 0 Å². The lowest BCUT2D eigenvalue weighted by Gasteiger charge is -2.28. The Balaban J connectivity index is 1.73. The molecule has 1 saturated carbocycles. The molecule has 1 aliphatic carbocycles. The van der Waals surface area contributed by atoms with Gasteiger partial charge in [0.15, 0.2) is 0 Å². The maximum Gasteiger partial charge on any atom is 0.119 e. The van der Waals surface area contributed by atoms with Crippen molar-refractivity contribution in [1.82, 2.24) is 5.32 Å². The molecule has 0 aromatic heterocycles. The second-order valence-electron chi connectivity index (χ2n) is 5.87. The first-order chi connectivity index (χ1) is 9.11. The summed E-state index contributed by atoms with van der Waals surface area (Å²) in [6.07, 6.45) is 5.00. The lowest BCUT2D eigenvalue weighted by Crippen LogP contribution is -2.34. The van der Waals surface area contributed by atoms with Crippen molar-refractivity contribution < 1.29 is 4.74 Å². The molecule has 1 fully saturated rings. The monoisotopic (exact) mass is 325 g/mol. The maximum atomic E-state index is 5.83. The first-order valence-corrected chi connectivity index (χ1v) is 8.02. The highest BCUT2D eigenvalue weighted by Gasteiger charge is 2.27. The number of benzene rings is 1. The average molecular weight is 326 g/mol. The Kier molecular flexibility index (Phi) is 5.28. The fourth-order valence-electron chi connectivity index (χ4n) is 2.01. The molecule has 1 atom stereocenters. The zero-order valence-corrected chi connectivity index (χ0v) is 13.5. The first-order valence-electron chi connectivity index (χ1n) is 7.23. The van der Waals surface area contributed by atoms with Crippen LogP contribution < -0.4 is 10.1 Å². The van der Waals surface area contributed by atoms with Crippen molar-refractivity contribution in [2.24, 2.45) is 5.41 Å². The van der Waals surface area contributed by atoms with Gasteiger partial charge < -0.3 is 10.1 Å². The molecule has 0 heterocycles. The first kappa shape index (κ1) is 14.9. The Morgan fingerprint density at radius 3 is 2.58 bits per heavy atom. The molecule has 0 amide bonds. The summed E-state index contributed by atoms with van der Waals surface area (Å²) in [6, 6.07) is 8.84. The van der Waals surface area contributed by atoms with Crippen LogP contribution in [0.3, 0.4) is 0 Å². The van der Waals surface area contributed by atoms with Gasteiger partial charge in [-0.15, -0.1) is 0 Å². The van der Waals surface area contributed by atoms with E-state index in [1.807, 2.05) is 24.3 Å². The zero-order valence-electron chi connectivity index (χ0n) is 11.9. The molecule has 2 rings (SSSR count). The molecule has 1 N–H and O–H groups in total. The van der Waals surface area contributed by atoms with Crippen molar-refractivity contribution in [3.63, 3.8) is 0 Å². The summed E-state index contributed by atoms with van der Waals surface area (Å²) in [5.74, 6) is 0.955. The third-order valence-corrected chi connectivity index (χ3v) is 4.57. The van der Waals surface area contributed by atoms with Crippen molar-refractivity contribution in [2.75, 3.05) is 13.2 Å². The molecule has 0 radical (unpaired) electrons. The average Bonchev–Trinajstić information content (AvgIpc) is 3.23. The Bertz CT molecular complexity index is 388. The van der Waals surface area contributed by atoms with Crippen LogP contribution in [0.15, 0.2) is 28.7 Å². The molecule has 1 unspecified atom stereocenters. The number of ether oxygens (including phenoxy) is 1. The summed E-state index contributed by atoms with van der Waals surface area (Å²) in [5.41, 5.74) is 0.345. The van der Waals surface area contributed by atoms with E-state index in [1.165, 1.54) is 19.3 Å². The summed E-state index contributed by atoms with van der Waals surface area (Å²) in [5, 5.41) is 3.64. The van der Waals surface area contributed by atoms with Crippen molar-refractivity contribution >= 4 is 15.9 Å². The minimum Gasteiger partial charge on any atom is -0.494 e. The van der Waals surface area contributed by atoms with Crippen LogP contribution in [0.25, 0.3) is 0 Å². The van der Waals surface area contributed by atoms with Gasteiger partial charge in [0, 0.05) is 17.1 Å². The maximum absolute atomic E-state index is 5.83. The molecule has 1 aromatic carbocycles. The molecule has 2 nitrogen and oxygen atoms in total. The minimum atomic E-state index is 0.345. The van der Waals surface area contributed by atoms with Crippen LogP contribution >= 0.6 is 15.9 Å². The highest BCUT2D eigenvalue weighted by atomic mass is 79.9. The van der Waals surface area contributed by atoms with Crippen LogP contribution in [-0.4, -0.2) is 19.2 Å². The van der Waals surface area contributed by atoms with E-state index in [4.69, 9.17) is 4.74 Å². The van der Waals surface area contributed by atoms with Gasteiger partial charge in [0.2, 0.25) is 0 Å². The van der Waals surface area contributed by atoms with Crippen molar-refractivity contribution in [3.8, 4) is 5.75 Å². The summed E-state index contributed by atoms with van der Waals surface area (Å²) >= 11 is 3.43. The number of rotatable bonds is 8. The third-order valence-electron chi connectivity index (χ3n) is 4.04. The predicted molar refractivity (Wildman–Crippen MR) is 83.7 cm³/mol. The molecular weight excluding hydrogens is 302 g/mol. The predicted octanol–water partition coefficient (Wildman–Crippen LogP) is 4.39. The minimum absolute atomic E-state index is 0.345. The molecule has 106 valence electrons. The summed E-state index contributed by atoms with van der Waals surface area (Å²) in [4.78, 5) is 0. The normalized spacial score (nSPS) is 18.1. The van der Waals surface area contributed by atoms with E-state index in [0.29, 0.717) is 5.41 Å². The van der Waals surface area contributed by atoms with E-state index in [2.05, 4.69) is 35.1 Å². The smallest absolute Gasteiger partial charge is 0.119 e. The topological polar surface area (TPSA) is 21.3 Å². The van der Waals surface area contributed by atoms with Gasteiger partial charge in [-0.2, -0.15) is 0 Å². The van der Waals surface area contributed by atoms with E-state index in [1.54, 1.807) is 0 Å². The summed E-state index contributed by atoms with van der Waals surface area (Å²) in [7, 11) is 0. The Labute approximate surface area is 125 Å². The Hall–Kier alpha value is -0.540. The molecule has 3 heteroatoms. The Morgan fingerprint density at radius 2 is 2.00 bits per heavy atom. The molecule has 1 aromatic rings. The van der Waals surface area contributed by atoms with E-state index in [9.17, 15) is 0 Å². The third kappa shape index (κ3) is 5.15. The van der Waals surface area contributed by atoms with Crippen LogP contribution in [-0.2, 0) is 0 Å². The molecule has 0 aliphatic heterocycles. The van der Waals surface area contributed by atoms with Gasteiger partial charge in [0.25, 0.3) is 0 Å². The second kappa shape index (κ2) is 6.76. The standard InChI is InChI=1S/C16H24BrNO/c1-3-16(2,12-18-14-6-7-14)10-11-19-15-8-4-13(17)5-9-15/h4-5,8-9,14,18H,3,6-7,10-12H2,1-2H3. The number of hydrogen-bond donors (Lipinski definition) is 1. The lowest BCUT2D eigenvalue weighted by molar-refractivity contribution is 0.199. The number of hydrogen-bond acceptors (Lipinski definition) is 2. The van der Waals surface area contributed by atoms with Crippen LogP contribution in [0.2, 0.25) is 0 Å². The summed E-state index contributed by atoms with van der Waals surface area (Å²) < 4.78 is 6.92. The van der Waals surface area contributed by atoms with Crippen molar-refractivity contribution in [3.05, 3.63) is 28.7 Å². The van der Waals surface area contributed by atoms with Gasteiger partial charge in [-0.1, -0.05) is 29.8 Å². The molecule has 0 bridgehead atoms. The fraction of sp³-hybridized carbons (Fsp3) is 0.625. The van der Waals surface area contributed by atoms with Crippen molar-refractivity contribution in [2.45, 2.75) is 45.6 Å². The van der Waals surface area contributed by atoms with Gasteiger partial charge >= 0.3 is 0 Å². The fourth-order valence-corrected chi connectivity index (χ4v) is 2.28. The SMILES string of the molecule is CCC(C)(CCOc1ccc(Br)cc1)CNC1CC1. The quantitative estimate of drug-likeness (QED) is 0.765. The second-order valence-corrected chi connectivity index (χ2v) is 6.79. The van der Waals surface area contributed by atoms with Gasteiger partial charge in [-0.3, -0.25) is 0 Å². The van der Waals surface area contributed by atoms with E-state index in [0.717, 1.165) is 35.8 Å². The van der Waals surface area contributed by atoms with Gasteiger partial charge in [0.1, 0.15) is 5.75 Å². The molecule has 1 aliphatic rings. The molecule has 0 spiro atoms. The van der Waals surface area contributed by atoms with Crippen LogP contribution in [0.5, 0.6) is 5.75 Å². The van der Waals surface area contributed by atoms with Gasteiger partial charge in [0.05, 0.1) is 6.61 Å². The summed E-state index contributed by atoms with van der Waals surface area (Å²) in [6.45, 7) is 6.53. The largest absolute Gasteiger partial charge is 0.494 e. The van der Waals surface area contributed by atoms with Crippen LogP contribution in [0, 0.1) is 5.41 Å². The van der Waals surface area contributed by atoms with E-state index in [-0.39, 0.29) is 0 Å². The lowest BCUT2D eigenvalue weighted by atomic mass is 9.84. The van der Waals surface area contributed by atoms with Gasteiger partial charge in [-0.05, 0) is 55.4 Å². The van der Waals surface area contributed by atoms with Gasteiger partial charge in [-0.25, -0.2) is 0 Å². The zero-order chi connectivity index (χ0) is 13.7. The Morgan fingerprint density at radius 1 is 1.32 bits per heavy atom. The van der Waals surface area contributed by atoms with Crippen LogP contribution in [0.4, 0.5) is 0 Å². The highest BCUT2D eigenvalue weighted by molar-refractivity contribution is 9.10. The molecule has 0 saturated heterocycles. The van der Waals surface area contributed by atoms with Crippen LogP contribution in [0.1, 0.15) is 39.5 Å². The molecular formula is C16H24BrNO. The van der Waals surface area contributed by atoms with E-state index >= 15 is 0 Å². The molecule has 19 heavy (non-hydrogen) atoms. The number of halogens is 1. The van der Waals surface area contributed by atoms with E-state index < -0.39 is 0 Å².